The van der Waals surface area contributed by atoms with E-state index in [9.17, 15) is 33.0 Å². The molecule has 2 heterocycles. The van der Waals surface area contributed by atoms with Gasteiger partial charge in [-0.05, 0) is 73.2 Å². The third-order valence-electron chi connectivity index (χ3n) is 9.75. The molecule has 3 N–H and O–H groups in total. The smallest absolute Gasteiger partial charge is 0.305 e. The van der Waals surface area contributed by atoms with E-state index >= 15 is 0 Å². The molecule has 1 aliphatic heterocycles. The fraction of sp³-hybridized carbons (Fsp3) is 0.432. The zero-order valence-electron chi connectivity index (χ0n) is 29.7. The normalized spacial score (nSPS) is 16.6. The molecule has 0 saturated heterocycles. The highest BCUT2D eigenvalue weighted by Crippen LogP contribution is 2.44. The van der Waals surface area contributed by atoms with Gasteiger partial charge in [-0.25, -0.2) is 13.1 Å². The molecule has 1 unspecified atom stereocenters. The fourth-order valence-electron chi connectivity index (χ4n) is 6.85. The van der Waals surface area contributed by atoms with Gasteiger partial charge >= 0.3 is 11.9 Å². The van der Waals surface area contributed by atoms with E-state index in [1.165, 1.54) is 4.31 Å². The number of aromatic nitrogens is 3. The van der Waals surface area contributed by atoms with Gasteiger partial charge < -0.3 is 20.3 Å². The third-order valence-corrected chi connectivity index (χ3v) is 11.6. The van der Waals surface area contributed by atoms with Gasteiger partial charge in [-0.15, -0.1) is 5.10 Å². The molecule has 1 aromatic heterocycles. The Morgan fingerprint density at radius 2 is 1.71 bits per heavy atom. The maximum absolute atomic E-state index is 14.2. The fourth-order valence-corrected chi connectivity index (χ4v) is 8.42. The molecule has 1 amide bonds. The van der Waals surface area contributed by atoms with E-state index in [2.05, 4.69) is 15.6 Å². The lowest BCUT2D eigenvalue weighted by atomic mass is 9.69. The van der Waals surface area contributed by atoms with E-state index in [4.69, 9.17) is 4.74 Å². The van der Waals surface area contributed by atoms with Crippen molar-refractivity contribution in [1.82, 2.24) is 24.6 Å². The number of aryl methyl sites for hydroxylation is 3. The summed E-state index contributed by atoms with van der Waals surface area (Å²) in [5, 5.41) is 30.3. The van der Waals surface area contributed by atoms with E-state index in [-0.39, 0.29) is 24.1 Å². The summed E-state index contributed by atoms with van der Waals surface area (Å²) in [5.74, 6) is -3.34. The van der Waals surface area contributed by atoms with Crippen LogP contribution in [-0.4, -0.2) is 74.5 Å². The van der Waals surface area contributed by atoms with Gasteiger partial charge in [0.25, 0.3) is 0 Å². The van der Waals surface area contributed by atoms with E-state index in [0.29, 0.717) is 29.8 Å². The van der Waals surface area contributed by atoms with Crippen molar-refractivity contribution < 1.29 is 37.8 Å². The summed E-state index contributed by atoms with van der Waals surface area (Å²) < 4.78 is 37.4. The Morgan fingerprint density at radius 3 is 2.35 bits per heavy atom. The topological polar surface area (TPSA) is 181 Å². The van der Waals surface area contributed by atoms with Crippen LogP contribution < -0.4 is 10.1 Å². The van der Waals surface area contributed by atoms with Crippen LogP contribution in [-0.2, 0) is 37.5 Å². The van der Waals surface area contributed by atoms with Crippen molar-refractivity contribution >= 4 is 38.9 Å². The molecule has 2 atom stereocenters. The Morgan fingerprint density at radius 1 is 1.02 bits per heavy atom. The average Bonchev–Trinajstić information content (AvgIpc) is 3.45. The van der Waals surface area contributed by atoms with Crippen molar-refractivity contribution in [2.45, 2.75) is 96.9 Å². The van der Waals surface area contributed by atoms with Crippen molar-refractivity contribution in [2.24, 2.45) is 5.41 Å². The van der Waals surface area contributed by atoms with Gasteiger partial charge in [0.1, 0.15) is 22.3 Å². The lowest BCUT2D eigenvalue weighted by molar-refractivity contribution is -0.140. The lowest BCUT2D eigenvalue weighted by Crippen LogP contribution is -2.47. The second-order valence-electron chi connectivity index (χ2n) is 13.7. The number of carboxylic acids is 2. The number of carbonyl (C=O) groups is 3. The number of amides is 1. The van der Waals surface area contributed by atoms with Crippen LogP contribution in [0.15, 0.2) is 59.5 Å². The first-order chi connectivity index (χ1) is 24.1. The molecule has 0 saturated carbocycles. The second-order valence-corrected chi connectivity index (χ2v) is 15.6. The standard InChI is InChI=1S/C37H45N5O8S/c1-7-27-21-41(51(48,49)31-12-10-9-11-30(31)50-27)20-25-17-24(14-13-22(25)3)34(28-15-16-29-35(23(28)4)39-40-42(29)8-2)37(5,6)36(47)38-26(18-32(43)44)19-33(45)46/h9-17,26-27,34H,7-8,18-21H2,1-6H3,(H,38,47)(H,43,44)(H,45,46)/t27-,34?/m1/s1. The number of rotatable bonds is 13. The molecule has 14 heteroatoms. The van der Waals surface area contributed by atoms with E-state index < -0.39 is 58.1 Å². The molecule has 1 aliphatic rings. The van der Waals surface area contributed by atoms with Crippen LogP contribution in [0.4, 0.5) is 0 Å². The van der Waals surface area contributed by atoms with Crippen LogP contribution in [0.2, 0.25) is 0 Å². The number of carbonyl (C=O) groups excluding carboxylic acids is 1. The summed E-state index contributed by atoms with van der Waals surface area (Å²) in [5.41, 5.74) is 4.08. The molecule has 0 aliphatic carbocycles. The van der Waals surface area contributed by atoms with Gasteiger partial charge in [0.15, 0.2) is 0 Å². The summed E-state index contributed by atoms with van der Waals surface area (Å²) >= 11 is 0. The minimum Gasteiger partial charge on any atom is -0.488 e. The predicted molar refractivity (Wildman–Crippen MR) is 190 cm³/mol. The first-order valence-corrected chi connectivity index (χ1v) is 18.4. The minimum atomic E-state index is -3.94. The Bertz CT molecular complexity index is 2060. The number of hydrogen-bond donors (Lipinski definition) is 3. The monoisotopic (exact) mass is 719 g/mol. The SMILES string of the molecule is CC[C@@H]1CN(Cc2cc(C(c3ccc4c(nnn4CC)c3C)C(C)(C)C(=O)NC(CC(=O)O)CC(=O)O)ccc2C)S(=O)(=O)c2ccccc2O1. The van der Waals surface area contributed by atoms with Crippen molar-refractivity contribution in [3.8, 4) is 5.75 Å². The quantitative estimate of drug-likeness (QED) is 0.170. The van der Waals surface area contributed by atoms with Gasteiger partial charge in [-0.1, -0.05) is 62.4 Å². The molecule has 0 fully saturated rings. The lowest BCUT2D eigenvalue weighted by Gasteiger charge is -2.36. The number of hydrogen-bond acceptors (Lipinski definition) is 8. The van der Waals surface area contributed by atoms with Crippen molar-refractivity contribution in [2.75, 3.05) is 6.54 Å². The van der Waals surface area contributed by atoms with Crippen LogP contribution in [0, 0.1) is 19.3 Å². The summed E-state index contributed by atoms with van der Waals surface area (Å²) in [4.78, 5) is 37.5. The third kappa shape index (κ3) is 7.61. The van der Waals surface area contributed by atoms with Gasteiger partial charge in [-0.3, -0.25) is 14.4 Å². The number of sulfonamides is 1. The molecule has 0 bridgehead atoms. The number of benzene rings is 3. The van der Waals surface area contributed by atoms with Crippen LogP contribution in [0.1, 0.15) is 80.7 Å². The highest BCUT2D eigenvalue weighted by atomic mass is 32.2. The zero-order valence-corrected chi connectivity index (χ0v) is 30.5. The molecule has 3 aromatic carbocycles. The highest BCUT2D eigenvalue weighted by Gasteiger charge is 2.42. The largest absolute Gasteiger partial charge is 0.488 e. The van der Waals surface area contributed by atoms with Gasteiger partial charge in [0.05, 0.1) is 30.3 Å². The Kier molecular flexibility index (Phi) is 10.9. The number of para-hydroxylation sites is 1. The Labute approximate surface area is 297 Å². The highest BCUT2D eigenvalue weighted by molar-refractivity contribution is 7.89. The van der Waals surface area contributed by atoms with Crippen LogP contribution >= 0.6 is 0 Å². The number of nitrogens with one attached hydrogen (secondary N) is 1. The Hall–Kier alpha value is -4.82. The van der Waals surface area contributed by atoms with Crippen molar-refractivity contribution in [1.29, 1.82) is 0 Å². The van der Waals surface area contributed by atoms with Gasteiger partial charge in [0.2, 0.25) is 15.9 Å². The number of carboxylic acid groups (broad SMARTS) is 2. The van der Waals surface area contributed by atoms with Crippen molar-refractivity contribution in [3.63, 3.8) is 0 Å². The first-order valence-electron chi connectivity index (χ1n) is 17.0. The average molecular weight is 720 g/mol. The first kappa shape index (κ1) is 37.4. The van der Waals surface area contributed by atoms with E-state index in [1.54, 1.807) is 42.8 Å². The zero-order chi connectivity index (χ0) is 37.2. The molecule has 272 valence electrons. The van der Waals surface area contributed by atoms with Gasteiger partial charge in [-0.2, -0.15) is 4.31 Å². The molecule has 4 aromatic rings. The summed E-state index contributed by atoms with van der Waals surface area (Å²) in [7, 11) is -3.94. The van der Waals surface area contributed by atoms with E-state index in [0.717, 1.165) is 27.8 Å². The maximum Gasteiger partial charge on any atom is 0.305 e. The van der Waals surface area contributed by atoms with Crippen LogP contribution in [0.3, 0.4) is 0 Å². The molecule has 0 spiro atoms. The number of aliphatic carboxylic acids is 2. The minimum absolute atomic E-state index is 0.0533. The second kappa shape index (κ2) is 14.8. The maximum atomic E-state index is 14.2. The number of ether oxygens (including phenoxy) is 1. The molecule has 5 rings (SSSR count). The van der Waals surface area contributed by atoms with Crippen LogP contribution in [0.5, 0.6) is 5.75 Å². The van der Waals surface area contributed by atoms with Gasteiger partial charge in [0, 0.05) is 25.0 Å². The summed E-state index contributed by atoms with van der Waals surface area (Å²) in [6.07, 6.45) is -0.888. The molecular weight excluding hydrogens is 675 g/mol. The molecule has 0 radical (unpaired) electrons. The molecule has 51 heavy (non-hydrogen) atoms. The van der Waals surface area contributed by atoms with Crippen molar-refractivity contribution in [3.05, 3.63) is 82.4 Å². The number of fused-ring (bicyclic) bond motifs is 2. The predicted octanol–water partition coefficient (Wildman–Crippen LogP) is 5.02. The number of nitrogens with zero attached hydrogens (tertiary/aromatic N) is 4. The Balaban J connectivity index is 1.62. The summed E-state index contributed by atoms with van der Waals surface area (Å²) in [6, 6.07) is 15.0. The molecular formula is C37H45N5O8S. The summed E-state index contributed by atoms with van der Waals surface area (Å²) in [6.45, 7) is 12.0. The molecule has 13 nitrogen and oxygen atoms in total. The van der Waals surface area contributed by atoms with Crippen LogP contribution in [0.25, 0.3) is 11.0 Å². The van der Waals surface area contributed by atoms with E-state index in [1.807, 2.05) is 58.0 Å².